The Labute approximate surface area is 106 Å². The van der Waals surface area contributed by atoms with Gasteiger partial charge in [-0.2, -0.15) is 0 Å². The fourth-order valence-corrected chi connectivity index (χ4v) is 3.70. The molecule has 1 nitrogen and oxygen atoms in total. The van der Waals surface area contributed by atoms with E-state index in [-0.39, 0.29) is 0 Å². The Morgan fingerprint density at radius 2 is 2.06 bits per heavy atom. The summed E-state index contributed by atoms with van der Waals surface area (Å²) >= 11 is 0. The van der Waals surface area contributed by atoms with Crippen molar-refractivity contribution >= 4 is 5.78 Å². The van der Waals surface area contributed by atoms with Crippen LogP contribution >= 0.6 is 0 Å². The molecule has 2 aliphatic carbocycles. The zero-order valence-corrected chi connectivity index (χ0v) is 11.8. The van der Waals surface area contributed by atoms with E-state index in [1.165, 1.54) is 24.8 Å². The van der Waals surface area contributed by atoms with Gasteiger partial charge in [0.2, 0.25) is 0 Å². The SMILES string of the molecule is CC1=CCC(CC2CC(=O)CC(C)C2)C1(C)C. The molecule has 0 saturated heterocycles. The quantitative estimate of drug-likeness (QED) is 0.648. The average Bonchev–Trinajstić information content (AvgIpc) is 2.43. The van der Waals surface area contributed by atoms with Crippen LogP contribution in [-0.2, 0) is 4.79 Å². The summed E-state index contributed by atoms with van der Waals surface area (Å²) in [4.78, 5) is 11.7. The van der Waals surface area contributed by atoms with Crippen LogP contribution in [0, 0.1) is 23.2 Å². The lowest BCUT2D eigenvalue weighted by atomic mass is 9.70. The molecule has 0 aromatic carbocycles. The second-order valence-electron chi connectivity index (χ2n) is 6.93. The zero-order valence-electron chi connectivity index (χ0n) is 11.8. The number of allylic oxidation sites excluding steroid dienone is 2. The minimum absolute atomic E-state index is 0.351. The Bertz CT molecular complexity index is 337. The van der Waals surface area contributed by atoms with E-state index in [4.69, 9.17) is 0 Å². The second kappa shape index (κ2) is 4.59. The van der Waals surface area contributed by atoms with E-state index < -0.39 is 0 Å². The highest BCUT2D eigenvalue weighted by Gasteiger charge is 2.37. The smallest absolute Gasteiger partial charge is 0.133 e. The topological polar surface area (TPSA) is 17.1 Å². The lowest BCUT2D eigenvalue weighted by Gasteiger charge is -2.34. The van der Waals surface area contributed by atoms with Gasteiger partial charge in [-0.3, -0.25) is 4.79 Å². The van der Waals surface area contributed by atoms with E-state index in [1.807, 2.05) is 0 Å². The molecule has 96 valence electrons. The first kappa shape index (κ1) is 12.9. The van der Waals surface area contributed by atoms with Gasteiger partial charge in [0, 0.05) is 12.8 Å². The lowest BCUT2D eigenvalue weighted by Crippen LogP contribution is -2.27. The highest BCUT2D eigenvalue weighted by atomic mass is 16.1. The van der Waals surface area contributed by atoms with Crippen molar-refractivity contribution in [2.75, 3.05) is 0 Å². The Morgan fingerprint density at radius 1 is 1.35 bits per heavy atom. The predicted octanol–water partition coefficient (Wildman–Crippen LogP) is 4.37. The van der Waals surface area contributed by atoms with Gasteiger partial charge in [0.05, 0.1) is 0 Å². The van der Waals surface area contributed by atoms with E-state index in [0.29, 0.717) is 23.0 Å². The maximum atomic E-state index is 11.7. The molecule has 0 heterocycles. The first-order valence-electron chi connectivity index (χ1n) is 7.08. The summed E-state index contributed by atoms with van der Waals surface area (Å²) in [7, 11) is 0. The summed E-state index contributed by atoms with van der Waals surface area (Å²) in [6.45, 7) is 9.22. The molecular weight excluding hydrogens is 208 g/mol. The molecule has 0 spiro atoms. The zero-order chi connectivity index (χ0) is 12.6. The maximum absolute atomic E-state index is 11.7. The molecule has 3 atom stereocenters. The third-order valence-corrected chi connectivity index (χ3v) is 5.19. The van der Waals surface area contributed by atoms with Crippen molar-refractivity contribution in [3.8, 4) is 0 Å². The van der Waals surface area contributed by atoms with Crippen molar-refractivity contribution in [3.05, 3.63) is 11.6 Å². The molecule has 2 aliphatic rings. The van der Waals surface area contributed by atoms with Crippen molar-refractivity contribution in [3.63, 3.8) is 0 Å². The largest absolute Gasteiger partial charge is 0.300 e. The fourth-order valence-electron chi connectivity index (χ4n) is 3.70. The van der Waals surface area contributed by atoms with Gasteiger partial charge in [-0.25, -0.2) is 0 Å². The highest BCUT2D eigenvalue weighted by Crippen LogP contribution is 2.47. The van der Waals surface area contributed by atoms with Gasteiger partial charge < -0.3 is 0 Å². The number of hydrogen-bond acceptors (Lipinski definition) is 1. The van der Waals surface area contributed by atoms with Crippen molar-refractivity contribution in [2.24, 2.45) is 23.2 Å². The van der Waals surface area contributed by atoms with E-state index in [9.17, 15) is 4.79 Å². The fraction of sp³-hybridized carbons (Fsp3) is 0.812. The minimum atomic E-state index is 0.351. The highest BCUT2D eigenvalue weighted by molar-refractivity contribution is 5.79. The van der Waals surface area contributed by atoms with Gasteiger partial charge in [-0.15, -0.1) is 0 Å². The van der Waals surface area contributed by atoms with Gasteiger partial charge in [-0.05, 0) is 49.4 Å². The van der Waals surface area contributed by atoms with E-state index in [1.54, 1.807) is 0 Å². The summed E-state index contributed by atoms with van der Waals surface area (Å²) in [6.07, 6.45) is 7.79. The third-order valence-electron chi connectivity index (χ3n) is 5.19. The van der Waals surface area contributed by atoms with Crippen LogP contribution in [0.4, 0.5) is 0 Å². The molecule has 0 radical (unpaired) electrons. The minimum Gasteiger partial charge on any atom is -0.300 e. The van der Waals surface area contributed by atoms with Gasteiger partial charge >= 0.3 is 0 Å². The summed E-state index contributed by atoms with van der Waals surface area (Å²) in [5.41, 5.74) is 1.89. The molecule has 0 aliphatic heterocycles. The van der Waals surface area contributed by atoms with Crippen LogP contribution in [0.3, 0.4) is 0 Å². The summed E-state index contributed by atoms with van der Waals surface area (Å²) in [5, 5.41) is 0. The van der Waals surface area contributed by atoms with Crippen molar-refractivity contribution in [1.82, 2.24) is 0 Å². The number of carbonyl (C=O) groups is 1. The third kappa shape index (κ3) is 2.64. The Kier molecular flexibility index (Phi) is 3.47. The Morgan fingerprint density at radius 3 is 2.59 bits per heavy atom. The molecule has 3 unspecified atom stereocenters. The Balaban J connectivity index is 1.96. The van der Waals surface area contributed by atoms with E-state index >= 15 is 0 Å². The molecule has 0 bridgehead atoms. The number of carbonyl (C=O) groups excluding carboxylic acids is 1. The molecule has 0 aromatic rings. The lowest BCUT2D eigenvalue weighted by molar-refractivity contribution is -0.123. The van der Waals surface area contributed by atoms with Crippen molar-refractivity contribution in [2.45, 2.75) is 59.8 Å². The van der Waals surface area contributed by atoms with Crippen LogP contribution in [0.15, 0.2) is 11.6 Å². The summed E-state index contributed by atoms with van der Waals surface area (Å²) in [5.74, 6) is 2.51. The predicted molar refractivity (Wildman–Crippen MR) is 71.8 cm³/mol. The van der Waals surface area contributed by atoms with Crippen LogP contribution in [0.25, 0.3) is 0 Å². The molecule has 0 aromatic heterocycles. The van der Waals surface area contributed by atoms with Crippen LogP contribution < -0.4 is 0 Å². The number of rotatable bonds is 2. The summed E-state index contributed by atoms with van der Waals surface area (Å²) < 4.78 is 0. The van der Waals surface area contributed by atoms with Crippen LogP contribution in [0.1, 0.15) is 59.8 Å². The van der Waals surface area contributed by atoms with Crippen molar-refractivity contribution in [1.29, 1.82) is 0 Å². The van der Waals surface area contributed by atoms with Gasteiger partial charge in [-0.1, -0.05) is 32.4 Å². The number of hydrogen-bond donors (Lipinski definition) is 0. The molecule has 0 amide bonds. The van der Waals surface area contributed by atoms with Gasteiger partial charge in [0.15, 0.2) is 0 Å². The molecule has 17 heavy (non-hydrogen) atoms. The van der Waals surface area contributed by atoms with Crippen LogP contribution in [0.5, 0.6) is 0 Å². The normalized spacial score (nSPS) is 37.1. The van der Waals surface area contributed by atoms with Crippen LogP contribution in [-0.4, -0.2) is 5.78 Å². The first-order valence-corrected chi connectivity index (χ1v) is 7.08. The standard InChI is InChI=1S/C16H26O/c1-11-7-13(10-15(17)8-11)9-14-6-5-12(2)16(14,3)4/h5,11,13-14H,6-10H2,1-4H3. The van der Waals surface area contributed by atoms with Gasteiger partial charge in [0.25, 0.3) is 0 Å². The van der Waals surface area contributed by atoms with Crippen LogP contribution in [0.2, 0.25) is 0 Å². The monoisotopic (exact) mass is 234 g/mol. The molecule has 1 saturated carbocycles. The number of Topliss-reactive ketones (excluding diaryl/α,β-unsaturated/α-hetero) is 1. The Hall–Kier alpha value is -0.590. The van der Waals surface area contributed by atoms with Gasteiger partial charge in [0.1, 0.15) is 5.78 Å². The molecule has 0 N–H and O–H groups in total. The first-order chi connectivity index (χ1) is 7.89. The van der Waals surface area contributed by atoms with E-state index in [0.717, 1.165) is 18.8 Å². The molecule has 2 rings (SSSR count). The summed E-state index contributed by atoms with van der Waals surface area (Å²) in [6, 6.07) is 0. The second-order valence-corrected chi connectivity index (χ2v) is 6.93. The molecule has 1 fully saturated rings. The van der Waals surface area contributed by atoms with E-state index in [2.05, 4.69) is 33.8 Å². The number of ketones is 1. The molecular formula is C16H26O. The average molecular weight is 234 g/mol. The molecule has 1 heteroatoms. The maximum Gasteiger partial charge on any atom is 0.133 e. The van der Waals surface area contributed by atoms with Crippen molar-refractivity contribution < 1.29 is 4.79 Å².